The number of ether oxygens (including phenoxy) is 1. The van der Waals surface area contributed by atoms with Gasteiger partial charge in [0.15, 0.2) is 0 Å². The molecule has 34 heavy (non-hydrogen) atoms. The first kappa shape index (κ1) is 24.8. The molecule has 0 bridgehead atoms. The number of fused-ring (bicyclic) bond motifs is 7. The molecule has 0 aliphatic heterocycles. The first-order valence-corrected chi connectivity index (χ1v) is 14.4. The summed E-state index contributed by atoms with van der Waals surface area (Å²) in [6, 6.07) is 0. The van der Waals surface area contributed by atoms with E-state index in [0.717, 1.165) is 18.8 Å². The molecule has 3 heteroatoms. The third kappa shape index (κ3) is 3.06. The van der Waals surface area contributed by atoms with E-state index in [0.29, 0.717) is 52.4 Å². The zero-order valence-corrected chi connectivity index (χ0v) is 23.1. The predicted octanol–water partition coefficient (Wildman–Crippen LogP) is 7.61. The van der Waals surface area contributed by atoms with Gasteiger partial charge in [-0.2, -0.15) is 0 Å². The van der Waals surface area contributed by atoms with Crippen LogP contribution in [-0.2, 0) is 14.3 Å². The van der Waals surface area contributed by atoms with Gasteiger partial charge in [-0.3, -0.25) is 9.59 Å². The molecule has 0 heterocycles. The van der Waals surface area contributed by atoms with Crippen LogP contribution in [-0.4, -0.2) is 18.9 Å². The maximum Gasteiger partial charge on any atom is 0.293 e. The minimum absolute atomic E-state index is 0.109. The third-order valence-corrected chi connectivity index (χ3v) is 14.1. The van der Waals surface area contributed by atoms with Gasteiger partial charge in [0.2, 0.25) is 0 Å². The average molecular weight is 471 g/mol. The van der Waals surface area contributed by atoms with E-state index in [1.165, 1.54) is 57.8 Å². The summed E-state index contributed by atoms with van der Waals surface area (Å²) in [6.07, 6.45) is 13.4. The Labute approximate surface area is 208 Å². The van der Waals surface area contributed by atoms with Gasteiger partial charge >= 0.3 is 0 Å². The Morgan fingerprint density at radius 2 is 1.44 bits per heavy atom. The molecule has 5 fully saturated rings. The predicted molar refractivity (Wildman–Crippen MR) is 136 cm³/mol. The van der Waals surface area contributed by atoms with Crippen LogP contribution in [0.5, 0.6) is 0 Å². The molecule has 5 rings (SSSR count). The number of hydrogen-bond donors (Lipinski definition) is 0. The van der Waals surface area contributed by atoms with Gasteiger partial charge < -0.3 is 4.74 Å². The fraction of sp³-hybridized carbons (Fsp3) is 0.935. The zero-order chi connectivity index (χ0) is 24.8. The van der Waals surface area contributed by atoms with E-state index in [1.54, 1.807) is 0 Å². The molecule has 0 radical (unpaired) electrons. The molecule has 0 aromatic heterocycles. The normalized spacial score (nSPS) is 57.0. The molecule has 0 amide bonds. The third-order valence-electron chi connectivity index (χ3n) is 14.1. The second-order valence-corrected chi connectivity index (χ2v) is 15.3. The van der Waals surface area contributed by atoms with E-state index in [-0.39, 0.29) is 16.7 Å². The van der Waals surface area contributed by atoms with Gasteiger partial charge in [0, 0.05) is 17.8 Å². The molecule has 5 aliphatic carbocycles. The summed E-state index contributed by atoms with van der Waals surface area (Å²) in [5.74, 6) is 2.86. The Kier molecular flexibility index (Phi) is 5.53. The van der Waals surface area contributed by atoms with Crippen LogP contribution >= 0.6 is 0 Å². The van der Waals surface area contributed by atoms with Gasteiger partial charge in [-0.25, -0.2) is 0 Å². The van der Waals surface area contributed by atoms with Crippen LogP contribution in [0.25, 0.3) is 0 Å². The highest BCUT2D eigenvalue weighted by Crippen LogP contribution is 2.78. The van der Waals surface area contributed by atoms with Gasteiger partial charge in [-0.1, -0.05) is 48.5 Å². The molecular formula is C31H50O3. The van der Waals surface area contributed by atoms with E-state index in [1.807, 2.05) is 0 Å². The van der Waals surface area contributed by atoms with Crippen LogP contribution < -0.4 is 0 Å². The summed E-state index contributed by atoms with van der Waals surface area (Å²) in [6.45, 7) is 18.9. The number of carbonyl (C=O) groups is 2. The molecule has 0 saturated heterocycles. The van der Waals surface area contributed by atoms with Crippen molar-refractivity contribution in [2.24, 2.45) is 56.2 Å². The standard InChI is InChI=1S/C31H50O3/c1-21-22(33)8-9-23-28(21,4)11-10-24-29(23,5)15-17-31(7)25-18-26(2,19-34-20-32)12-13-27(25,3)14-16-30(24,31)6/h20-21,23-25H,8-19H2,1-7H3/t21-,23+,24-,25+,26+,27+,28+,29-,30+,31-/m0/s1. The Bertz CT molecular complexity index is 867. The van der Waals surface area contributed by atoms with E-state index in [2.05, 4.69) is 48.5 Å². The summed E-state index contributed by atoms with van der Waals surface area (Å²) < 4.78 is 5.37. The molecule has 10 atom stereocenters. The van der Waals surface area contributed by atoms with E-state index in [9.17, 15) is 9.59 Å². The van der Waals surface area contributed by atoms with Gasteiger partial charge in [0.25, 0.3) is 6.47 Å². The molecule has 0 spiro atoms. The maximum atomic E-state index is 12.8. The molecule has 0 aromatic rings. The molecule has 5 saturated carbocycles. The van der Waals surface area contributed by atoms with E-state index >= 15 is 0 Å². The Morgan fingerprint density at radius 3 is 2.15 bits per heavy atom. The summed E-state index contributed by atoms with van der Waals surface area (Å²) in [4.78, 5) is 23.8. The number of rotatable bonds is 3. The van der Waals surface area contributed by atoms with Gasteiger partial charge in [-0.15, -0.1) is 0 Å². The first-order valence-electron chi connectivity index (χ1n) is 14.4. The second kappa shape index (κ2) is 7.58. The number of carbonyl (C=O) groups excluding carboxylic acids is 2. The van der Waals surface area contributed by atoms with Crippen molar-refractivity contribution < 1.29 is 14.3 Å². The lowest BCUT2D eigenvalue weighted by atomic mass is 9.30. The van der Waals surface area contributed by atoms with Crippen LogP contribution in [0.4, 0.5) is 0 Å². The largest absolute Gasteiger partial charge is 0.467 e. The summed E-state index contributed by atoms with van der Waals surface area (Å²) >= 11 is 0. The molecule has 0 aromatic carbocycles. The molecule has 0 N–H and O–H groups in total. The molecule has 5 aliphatic rings. The smallest absolute Gasteiger partial charge is 0.293 e. The second-order valence-electron chi connectivity index (χ2n) is 15.3. The SMILES string of the molecule is C[C@H]1C(=O)CC[C@@H]2[C@]1(C)CC[C@H]1[C@@]2(C)CC[C@@]2(C)[C@@H]3C[C@](C)(COC=O)CC[C@]3(C)CC[C@]12C. The lowest BCUT2D eigenvalue weighted by Gasteiger charge is -2.74. The molecule has 3 nitrogen and oxygen atoms in total. The Morgan fingerprint density at radius 1 is 0.794 bits per heavy atom. The zero-order valence-electron chi connectivity index (χ0n) is 23.1. The van der Waals surface area contributed by atoms with Crippen molar-refractivity contribution in [1.82, 2.24) is 0 Å². The summed E-state index contributed by atoms with van der Waals surface area (Å²) in [7, 11) is 0. The topological polar surface area (TPSA) is 43.4 Å². The van der Waals surface area contributed by atoms with Crippen LogP contribution in [0, 0.1) is 56.2 Å². The van der Waals surface area contributed by atoms with Gasteiger partial charge in [-0.05, 0) is 109 Å². The van der Waals surface area contributed by atoms with Crippen LogP contribution in [0.2, 0.25) is 0 Å². The van der Waals surface area contributed by atoms with Crippen LogP contribution in [0.1, 0.15) is 119 Å². The van der Waals surface area contributed by atoms with Crippen molar-refractivity contribution in [2.45, 2.75) is 119 Å². The monoisotopic (exact) mass is 470 g/mol. The van der Waals surface area contributed by atoms with Gasteiger partial charge in [0.05, 0.1) is 6.61 Å². The lowest BCUT2D eigenvalue weighted by molar-refractivity contribution is -0.258. The van der Waals surface area contributed by atoms with Crippen molar-refractivity contribution in [3.05, 3.63) is 0 Å². The number of ketones is 1. The minimum atomic E-state index is 0.109. The molecule has 0 unspecified atom stereocenters. The van der Waals surface area contributed by atoms with Crippen LogP contribution in [0.15, 0.2) is 0 Å². The van der Waals surface area contributed by atoms with Crippen molar-refractivity contribution in [3.63, 3.8) is 0 Å². The molecular weight excluding hydrogens is 420 g/mol. The fourth-order valence-corrected chi connectivity index (χ4v) is 11.5. The quantitative estimate of drug-likeness (QED) is 0.399. The highest BCUT2D eigenvalue weighted by Gasteiger charge is 2.71. The fourth-order valence-electron chi connectivity index (χ4n) is 11.5. The summed E-state index contributed by atoms with van der Waals surface area (Å²) in [5, 5.41) is 0. The van der Waals surface area contributed by atoms with Gasteiger partial charge in [0.1, 0.15) is 5.78 Å². The summed E-state index contributed by atoms with van der Waals surface area (Å²) in [5.41, 5.74) is 1.73. The van der Waals surface area contributed by atoms with E-state index < -0.39 is 0 Å². The average Bonchev–Trinajstić information content (AvgIpc) is 2.79. The van der Waals surface area contributed by atoms with Crippen LogP contribution in [0.3, 0.4) is 0 Å². The molecule has 192 valence electrons. The first-order chi connectivity index (χ1) is 15.8. The number of hydrogen-bond acceptors (Lipinski definition) is 3. The van der Waals surface area contributed by atoms with E-state index in [4.69, 9.17) is 4.74 Å². The lowest BCUT2D eigenvalue weighted by Crippen LogP contribution is -2.67. The highest BCUT2D eigenvalue weighted by atomic mass is 16.5. The highest BCUT2D eigenvalue weighted by molar-refractivity contribution is 5.82. The minimum Gasteiger partial charge on any atom is -0.467 e. The van der Waals surface area contributed by atoms with Crippen molar-refractivity contribution in [2.75, 3.05) is 6.61 Å². The van der Waals surface area contributed by atoms with Crippen molar-refractivity contribution in [1.29, 1.82) is 0 Å². The van der Waals surface area contributed by atoms with Crippen molar-refractivity contribution in [3.8, 4) is 0 Å². The number of Topliss-reactive ketones (excluding diaryl/α,β-unsaturated/α-hetero) is 1. The maximum absolute atomic E-state index is 12.8. The Hall–Kier alpha value is -0.860. The van der Waals surface area contributed by atoms with Crippen molar-refractivity contribution >= 4 is 12.3 Å². The Balaban J connectivity index is 1.51.